The molecular formula is C3F6O2Ti. The van der Waals surface area contributed by atoms with Crippen LogP contribution in [0.5, 0.6) is 0 Å². The molecular weight excluding hydrogens is 230 g/mol. The van der Waals surface area contributed by atoms with Gasteiger partial charge < -0.3 is 0 Å². The zero-order valence-electron chi connectivity index (χ0n) is 5.08. The molecule has 70 valence electrons. The van der Waals surface area contributed by atoms with Gasteiger partial charge in [0.05, 0.1) is 0 Å². The molecule has 0 radical (unpaired) electrons. The van der Waals surface area contributed by atoms with Crippen molar-refractivity contribution in [2.45, 2.75) is 6.18 Å². The van der Waals surface area contributed by atoms with Gasteiger partial charge in [-0.05, 0) is 0 Å². The number of halogens is 6. The number of hydrogen-bond acceptors (Lipinski definition) is 2. The Labute approximate surface area is 70.8 Å². The molecule has 0 aliphatic carbocycles. The van der Waals surface area contributed by atoms with Crippen LogP contribution in [0.25, 0.3) is 0 Å². The second-order valence-electron chi connectivity index (χ2n) is 1.16. The maximum absolute atomic E-state index is 11.0. The first kappa shape index (κ1) is 14.2. The Kier molecular flexibility index (Phi) is 7.30. The first-order valence-corrected chi connectivity index (χ1v) is 3.32. The van der Waals surface area contributed by atoms with E-state index in [2.05, 4.69) is 0 Å². The van der Waals surface area contributed by atoms with Crippen molar-refractivity contribution < 1.29 is 52.1 Å². The first-order valence-electron chi connectivity index (χ1n) is 2.04. The topological polar surface area (TPSA) is 34.1 Å². The zero-order chi connectivity index (χ0) is 10.4. The Morgan fingerprint density at radius 3 is 1.25 bits per heavy atom. The molecule has 0 heterocycles. The van der Waals surface area contributed by atoms with Gasteiger partial charge in [0.25, 0.3) is 5.83 Å². The molecule has 0 unspecified atom stereocenters. The average Bonchev–Trinajstić information content (AvgIpc) is 1.85. The molecule has 9 heteroatoms. The minimum absolute atomic E-state index is 2.00. The molecule has 0 rings (SSSR count). The maximum atomic E-state index is 11.0. The SMILES string of the molecule is FC(F)=C(F)C(F)(F)F.[O]=[Ti]=[O]. The monoisotopic (exact) mass is 230 g/mol. The van der Waals surface area contributed by atoms with E-state index in [9.17, 15) is 26.3 Å². The third-order valence-electron chi connectivity index (χ3n) is 0.415. The standard InChI is InChI=1S/C3F6.2O.Ti/c4-1(2(5)6)3(7,8)9;;;. The minimum atomic E-state index is -5.56. The van der Waals surface area contributed by atoms with Crippen molar-refractivity contribution in [3.63, 3.8) is 0 Å². The summed E-state index contributed by atoms with van der Waals surface area (Å²) in [6.45, 7) is 0. The molecule has 0 fully saturated rings. The molecule has 0 amide bonds. The van der Waals surface area contributed by atoms with Crippen molar-refractivity contribution in [3.05, 3.63) is 11.9 Å². The van der Waals surface area contributed by atoms with Gasteiger partial charge in [-0.3, -0.25) is 0 Å². The van der Waals surface area contributed by atoms with E-state index in [1.54, 1.807) is 0 Å². The summed E-state index contributed by atoms with van der Waals surface area (Å²) in [4.78, 5) is 0. The van der Waals surface area contributed by atoms with E-state index < -0.39 is 37.2 Å². The summed E-state index contributed by atoms with van der Waals surface area (Å²) in [5.41, 5.74) is 0. The fourth-order valence-electron chi connectivity index (χ4n) is 0.107. The molecule has 2 nitrogen and oxygen atoms in total. The van der Waals surface area contributed by atoms with Crippen LogP contribution in [0, 0.1) is 0 Å². The van der Waals surface area contributed by atoms with Crippen LogP contribution in [0.15, 0.2) is 11.9 Å². The molecule has 0 aliphatic rings. The number of rotatable bonds is 0. The normalized spacial score (nSPS) is 9.17. The van der Waals surface area contributed by atoms with E-state index >= 15 is 0 Å². The molecule has 0 atom stereocenters. The second kappa shape index (κ2) is 6.18. The summed E-state index contributed by atoms with van der Waals surface area (Å²) < 4.78 is 81.8. The summed E-state index contributed by atoms with van der Waals surface area (Å²) in [7, 11) is 0. The van der Waals surface area contributed by atoms with Crippen LogP contribution in [-0.4, -0.2) is 6.18 Å². The number of allylic oxidation sites excluding steroid dienone is 1. The Balaban J connectivity index is 0. The van der Waals surface area contributed by atoms with E-state index in [-0.39, 0.29) is 0 Å². The van der Waals surface area contributed by atoms with Crippen molar-refractivity contribution in [2.75, 3.05) is 0 Å². The van der Waals surface area contributed by atoms with E-state index in [1.807, 2.05) is 0 Å². The molecule has 0 spiro atoms. The van der Waals surface area contributed by atoms with Gasteiger partial charge >= 0.3 is 38.0 Å². The predicted molar refractivity (Wildman–Crippen MR) is 17.8 cm³/mol. The van der Waals surface area contributed by atoms with Gasteiger partial charge in [-0.25, -0.2) is 0 Å². The van der Waals surface area contributed by atoms with Crippen molar-refractivity contribution in [1.29, 1.82) is 0 Å². The van der Waals surface area contributed by atoms with E-state index in [1.165, 1.54) is 0 Å². The third-order valence-corrected chi connectivity index (χ3v) is 0.415. The molecule has 12 heavy (non-hydrogen) atoms. The molecule has 0 bridgehead atoms. The Morgan fingerprint density at radius 2 is 1.25 bits per heavy atom. The summed E-state index contributed by atoms with van der Waals surface area (Å²) in [5, 5.41) is 0. The molecule has 0 aromatic heterocycles. The third kappa shape index (κ3) is 7.74. The molecule has 0 aliphatic heterocycles. The van der Waals surface area contributed by atoms with Gasteiger partial charge in [-0.2, -0.15) is 26.3 Å². The quantitative estimate of drug-likeness (QED) is 0.472. The van der Waals surface area contributed by atoms with Crippen LogP contribution < -0.4 is 0 Å². The van der Waals surface area contributed by atoms with E-state index in [0.717, 1.165) is 0 Å². The van der Waals surface area contributed by atoms with Gasteiger partial charge in [-0.1, -0.05) is 0 Å². The summed E-state index contributed by atoms with van der Waals surface area (Å²) in [6.07, 6.45) is -8.90. The van der Waals surface area contributed by atoms with Crippen molar-refractivity contribution in [3.8, 4) is 0 Å². The zero-order valence-corrected chi connectivity index (χ0v) is 6.65. The van der Waals surface area contributed by atoms with Crippen LogP contribution in [0.3, 0.4) is 0 Å². The predicted octanol–water partition coefficient (Wildman–Crippen LogP) is 2.39. The second-order valence-corrected chi connectivity index (χ2v) is 1.42. The van der Waals surface area contributed by atoms with Crippen LogP contribution in [0.1, 0.15) is 0 Å². The van der Waals surface area contributed by atoms with Crippen LogP contribution in [-0.2, 0) is 25.7 Å². The van der Waals surface area contributed by atoms with Crippen molar-refractivity contribution >= 4 is 0 Å². The fraction of sp³-hybridized carbons (Fsp3) is 0.333. The van der Waals surface area contributed by atoms with Crippen molar-refractivity contribution in [1.82, 2.24) is 0 Å². The summed E-state index contributed by atoms with van der Waals surface area (Å²) in [5.74, 6) is -3.33. The van der Waals surface area contributed by atoms with Gasteiger partial charge in [0.15, 0.2) is 0 Å². The molecule has 0 saturated heterocycles. The number of hydrogen-bond donors (Lipinski definition) is 0. The summed E-state index contributed by atoms with van der Waals surface area (Å²) >= 11 is -2.00. The summed E-state index contributed by atoms with van der Waals surface area (Å²) in [6, 6.07) is 0. The van der Waals surface area contributed by atoms with Gasteiger partial charge in [0.2, 0.25) is 0 Å². The van der Waals surface area contributed by atoms with Gasteiger partial charge in [-0.15, -0.1) is 0 Å². The molecule has 0 saturated carbocycles. The molecule has 0 N–H and O–H groups in total. The van der Waals surface area contributed by atoms with E-state index in [0.29, 0.717) is 0 Å². The Morgan fingerprint density at radius 1 is 1.00 bits per heavy atom. The van der Waals surface area contributed by atoms with Gasteiger partial charge in [0, 0.05) is 0 Å². The first-order chi connectivity index (χ1) is 5.27. The average molecular weight is 230 g/mol. The van der Waals surface area contributed by atoms with E-state index in [4.69, 9.17) is 6.65 Å². The van der Waals surface area contributed by atoms with Crippen molar-refractivity contribution in [2.24, 2.45) is 0 Å². The Hall–Kier alpha value is -0.366. The number of alkyl halides is 3. The fourth-order valence-corrected chi connectivity index (χ4v) is 0.107. The van der Waals surface area contributed by atoms with Crippen LogP contribution >= 0.6 is 0 Å². The molecule has 0 aromatic rings. The Bertz CT molecular complexity index is 197. The van der Waals surface area contributed by atoms with Gasteiger partial charge in [0.1, 0.15) is 0 Å². The van der Waals surface area contributed by atoms with Crippen LogP contribution in [0.4, 0.5) is 26.3 Å². The van der Waals surface area contributed by atoms with Crippen LogP contribution in [0.2, 0.25) is 0 Å². The molecule has 0 aromatic carbocycles.